The first-order valence-corrected chi connectivity index (χ1v) is 5.12. The van der Waals surface area contributed by atoms with Gasteiger partial charge < -0.3 is 10.5 Å². The molecule has 2 aromatic rings. The summed E-state index contributed by atoms with van der Waals surface area (Å²) in [6.45, 7) is 0. The number of nitro benzene ring substituents is 1. The number of halogens is 3. The summed E-state index contributed by atoms with van der Waals surface area (Å²) in [7, 11) is 0. The molecule has 20 heavy (non-hydrogen) atoms. The molecule has 2 N–H and O–H groups in total. The van der Waals surface area contributed by atoms with E-state index in [0.717, 1.165) is 12.1 Å². The minimum Gasteiger partial charge on any atom is -0.429 e. The SMILES string of the molecule is Nc1nc(Oc2ccc(F)cc2[N+](=O)[O-])c(F)cc1F. The van der Waals surface area contributed by atoms with E-state index in [2.05, 4.69) is 4.98 Å². The van der Waals surface area contributed by atoms with E-state index in [0.29, 0.717) is 12.1 Å². The Labute approximate surface area is 109 Å². The van der Waals surface area contributed by atoms with Gasteiger partial charge in [0.2, 0.25) is 5.75 Å². The average molecular weight is 285 g/mol. The highest BCUT2D eigenvalue weighted by atomic mass is 19.1. The van der Waals surface area contributed by atoms with Crippen molar-refractivity contribution < 1.29 is 22.8 Å². The molecule has 0 aliphatic carbocycles. The van der Waals surface area contributed by atoms with Crippen LogP contribution in [0.5, 0.6) is 11.6 Å². The predicted octanol–water partition coefficient (Wildman–Crippen LogP) is 2.78. The van der Waals surface area contributed by atoms with Gasteiger partial charge in [0, 0.05) is 6.07 Å². The quantitative estimate of drug-likeness (QED) is 0.691. The summed E-state index contributed by atoms with van der Waals surface area (Å²) in [4.78, 5) is 13.1. The molecule has 104 valence electrons. The van der Waals surface area contributed by atoms with E-state index in [1.54, 1.807) is 0 Å². The maximum absolute atomic E-state index is 13.4. The molecule has 1 heterocycles. The first kappa shape index (κ1) is 13.6. The Kier molecular flexibility index (Phi) is 3.42. The fourth-order valence-corrected chi connectivity index (χ4v) is 1.36. The molecule has 0 spiro atoms. The van der Waals surface area contributed by atoms with Crippen LogP contribution in [0.25, 0.3) is 0 Å². The van der Waals surface area contributed by atoms with Crippen LogP contribution in [0.2, 0.25) is 0 Å². The van der Waals surface area contributed by atoms with E-state index in [1.807, 2.05) is 0 Å². The first-order valence-electron chi connectivity index (χ1n) is 5.12. The van der Waals surface area contributed by atoms with E-state index in [1.165, 1.54) is 0 Å². The van der Waals surface area contributed by atoms with Crippen LogP contribution in [-0.4, -0.2) is 9.91 Å². The number of nitrogen functional groups attached to an aromatic ring is 1. The minimum atomic E-state index is -1.20. The normalized spacial score (nSPS) is 10.3. The van der Waals surface area contributed by atoms with Crippen LogP contribution >= 0.6 is 0 Å². The van der Waals surface area contributed by atoms with E-state index in [9.17, 15) is 23.3 Å². The molecular weight excluding hydrogens is 279 g/mol. The van der Waals surface area contributed by atoms with Crippen molar-refractivity contribution in [3.8, 4) is 11.6 Å². The molecular formula is C11H6F3N3O3. The molecule has 1 aromatic carbocycles. The number of hydrogen-bond acceptors (Lipinski definition) is 5. The van der Waals surface area contributed by atoms with E-state index >= 15 is 0 Å². The van der Waals surface area contributed by atoms with Gasteiger partial charge in [-0.25, -0.2) is 13.2 Å². The van der Waals surface area contributed by atoms with Crippen molar-refractivity contribution in [3.63, 3.8) is 0 Å². The van der Waals surface area contributed by atoms with Gasteiger partial charge in [-0.05, 0) is 12.1 Å². The minimum absolute atomic E-state index is 0.424. The molecule has 0 aliphatic heterocycles. The number of nitrogens with zero attached hydrogens (tertiary/aromatic N) is 2. The van der Waals surface area contributed by atoms with Gasteiger partial charge in [-0.15, -0.1) is 0 Å². The number of hydrogen-bond donors (Lipinski definition) is 1. The van der Waals surface area contributed by atoms with Gasteiger partial charge in [0.05, 0.1) is 11.0 Å². The van der Waals surface area contributed by atoms with Crippen LogP contribution < -0.4 is 10.5 Å². The molecule has 0 saturated carbocycles. The molecule has 9 heteroatoms. The van der Waals surface area contributed by atoms with E-state index in [-0.39, 0.29) is 0 Å². The molecule has 0 unspecified atom stereocenters. The lowest BCUT2D eigenvalue weighted by Crippen LogP contribution is -2.01. The van der Waals surface area contributed by atoms with Crippen LogP contribution in [0.4, 0.5) is 24.7 Å². The average Bonchev–Trinajstić information content (AvgIpc) is 2.37. The Morgan fingerprint density at radius 2 is 1.90 bits per heavy atom. The highest BCUT2D eigenvalue weighted by Gasteiger charge is 2.20. The highest BCUT2D eigenvalue weighted by molar-refractivity contribution is 5.48. The molecule has 0 aliphatic rings. The van der Waals surface area contributed by atoms with Crippen molar-refractivity contribution in [1.82, 2.24) is 4.98 Å². The van der Waals surface area contributed by atoms with Crippen LogP contribution in [0.3, 0.4) is 0 Å². The second-order valence-corrected chi connectivity index (χ2v) is 3.61. The number of anilines is 1. The molecule has 6 nitrogen and oxygen atoms in total. The second-order valence-electron chi connectivity index (χ2n) is 3.61. The maximum Gasteiger partial charge on any atom is 0.314 e. The van der Waals surface area contributed by atoms with Gasteiger partial charge in [0.25, 0.3) is 5.88 Å². The van der Waals surface area contributed by atoms with E-state index in [4.69, 9.17) is 10.5 Å². The molecule has 0 amide bonds. The third-order valence-corrected chi connectivity index (χ3v) is 2.25. The molecule has 0 radical (unpaired) electrons. The lowest BCUT2D eigenvalue weighted by molar-refractivity contribution is -0.385. The maximum atomic E-state index is 13.4. The Morgan fingerprint density at radius 1 is 1.20 bits per heavy atom. The van der Waals surface area contributed by atoms with Crippen molar-refractivity contribution in [3.05, 3.63) is 51.8 Å². The molecule has 0 fully saturated rings. The zero-order valence-corrected chi connectivity index (χ0v) is 9.64. The third kappa shape index (κ3) is 2.60. The fraction of sp³-hybridized carbons (Fsp3) is 0. The summed E-state index contributed by atoms with van der Waals surface area (Å²) in [5.41, 5.74) is 4.41. The van der Waals surface area contributed by atoms with Crippen LogP contribution in [0.15, 0.2) is 24.3 Å². The molecule has 0 bridgehead atoms. The summed E-state index contributed by atoms with van der Waals surface area (Å²) in [6.07, 6.45) is 0. The number of benzene rings is 1. The summed E-state index contributed by atoms with van der Waals surface area (Å²) >= 11 is 0. The lowest BCUT2D eigenvalue weighted by atomic mass is 10.3. The van der Waals surface area contributed by atoms with Gasteiger partial charge in [-0.2, -0.15) is 4.98 Å². The van der Waals surface area contributed by atoms with Crippen molar-refractivity contribution in [2.45, 2.75) is 0 Å². The highest BCUT2D eigenvalue weighted by Crippen LogP contribution is 2.32. The topological polar surface area (TPSA) is 91.3 Å². The summed E-state index contributed by atoms with van der Waals surface area (Å²) < 4.78 is 44.1. The van der Waals surface area contributed by atoms with E-state index < -0.39 is 45.5 Å². The zero-order valence-electron chi connectivity index (χ0n) is 9.64. The standard InChI is InChI=1S/C11H6F3N3O3/c12-5-1-2-9(8(3-5)17(18)19)20-11-7(14)4-6(13)10(15)16-11/h1-4H,(H2,15,16). The zero-order chi connectivity index (χ0) is 14.9. The van der Waals surface area contributed by atoms with Gasteiger partial charge in [-0.3, -0.25) is 10.1 Å². The van der Waals surface area contributed by atoms with Gasteiger partial charge in [0.15, 0.2) is 17.5 Å². The Hall–Kier alpha value is -2.84. The first-order chi connectivity index (χ1) is 9.38. The molecule has 0 saturated heterocycles. The number of nitrogens with two attached hydrogens (primary N) is 1. The Morgan fingerprint density at radius 3 is 2.55 bits per heavy atom. The van der Waals surface area contributed by atoms with Crippen LogP contribution in [-0.2, 0) is 0 Å². The number of aromatic nitrogens is 1. The monoisotopic (exact) mass is 285 g/mol. The summed E-state index contributed by atoms with van der Waals surface area (Å²) in [5.74, 6) is -4.99. The van der Waals surface area contributed by atoms with Crippen LogP contribution in [0.1, 0.15) is 0 Å². The molecule has 0 atom stereocenters. The number of pyridine rings is 1. The summed E-state index contributed by atoms with van der Waals surface area (Å²) in [6, 6.07) is 2.83. The Bertz CT molecular complexity index is 694. The van der Waals surface area contributed by atoms with Gasteiger partial charge >= 0.3 is 5.69 Å². The van der Waals surface area contributed by atoms with Crippen molar-refractivity contribution in [2.75, 3.05) is 5.73 Å². The molecule has 2 rings (SSSR count). The van der Waals surface area contributed by atoms with Crippen LogP contribution in [0, 0.1) is 27.6 Å². The largest absolute Gasteiger partial charge is 0.429 e. The van der Waals surface area contributed by atoms with Gasteiger partial charge in [0.1, 0.15) is 5.82 Å². The van der Waals surface area contributed by atoms with Crippen molar-refractivity contribution in [2.24, 2.45) is 0 Å². The predicted molar refractivity (Wildman–Crippen MR) is 61.7 cm³/mol. The number of rotatable bonds is 3. The fourth-order valence-electron chi connectivity index (χ4n) is 1.36. The number of nitro groups is 1. The second kappa shape index (κ2) is 5.03. The third-order valence-electron chi connectivity index (χ3n) is 2.25. The van der Waals surface area contributed by atoms with Crippen molar-refractivity contribution in [1.29, 1.82) is 0 Å². The Balaban J connectivity index is 2.45. The number of ether oxygens (including phenoxy) is 1. The van der Waals surface area contributed by atoms with Gasteiger partial charge in [-0.1, -0.05) is 0 Å². The summed E-state index contributed by atoms with van der Waals surface area (Å²) in [5, 5.41) is 10.7. The lowest BCUT2D eigenvalue weighted by Gasteiger charge is -2.07. The van der Waals surface area contributed by atoms with Crippen molar-refractivity contribution >= 4 is 11.5 Å². The molecule has 1 aromatic heterocycles. The smallest absolute Gasteiger partial charge is 0.314 e.